The highest BCUT2D eigenvalue weighted by atomic mass is 32.2. The predicted molar refractivity (Wildman–Crippen MR) is 98.3 cm³/mol. The van der Waals surface area contributed by atoms with Crippen molar-refractivity contribution in [2.45, 2.75) is 17.0 Å². The van der Waals surface area contributed by atoms with E-state index in [2.05, 4.69) is 46.7 Å². The average Bonchev–Trinajstić information content (AvgIpc) is 3.08. The second-order valence-corrected chi connectivity index (χ2v) is 7.29. The van der Waals surface area contributed by atoms with E-state index in [9.17, 15) is 0 Å². The number of rotatable bonds is 7. The summed E-state index contributed by atoms with van der Waals surface area (Å²) in [4.78, 5) is 1.28. The first-order chi connectivity index (χ1) is 11.8. The van der Waals surface area contributed by atoms with Gasteiger partial charge in [0.2, 0.25) is 5.16 Å². The van der Waals surface area contributed by atoms with Gasteiger partial charge in [-0.05, 0) is 41.6 Å². The van der Waals surface area contributed by atoms with Crippen molar-refractivity contribution in [1.82, 2.24) is 20.2 Å². The van der Waals surface area contributed by atoms with Crippen LogP contribution < -0.4 is 4.74 Å². The van der Waals surface area contributed by atoms with Crippen molar-refractivity contribution in [1.29, 1.82) is 0 Å². The number of thioether (sulfide) groups is 2. The van der Waals surface area contributed by atoms with Gasteiger partial charge < -0.3 is 4.74 Å². The summed E-state index contributed by atoms with van der Waals surface area (Å²) in [7, 11) is 1.65. The third-order valence-electron chi connectivity index (χ3n) is 3.36. The number of ether oxygens (including phenoxy) is 1. The highest BCUT2D eigenvalue weighted by molar-refractivity contribution is 8.02. The molecule has 1 heterocycles. The minimum atomic E-state index is 0.751. The summed E-state index contributed by atoms with van der Waals surface area (Å²) in [6, 6.07) is 16.3. The summed E-state index contributed by atoms with van der Waals surface area (Å²) in [6.07, 6.45) is 0. The maximum absolute atomic E-state index is 5.39. The molecule has 2 aromatic carbocycles. The minimum absolute atomic E-state index is 0.751. The maximum Gasteiger partial charge on any atom is 0.214 e. The van der Waals surface area contributed by atoms with Crippen molar-refractivity contribution in [3.63, 3.8) is 0 Å². The lowest BCUT2D eigenvalue weighted by atomic mass is 10.2. The van der Waals surface area contributed by atoms with Crippen LogP contribution in [0.4, 0.5) is 0 Å². The Bertz CT molecular complexity index is 789. The number of tetrazole rings is 1. The van der Waals surface area contributed by atoms with Crippen LogP contribution in [0.15, 0.2) is 58.6 Å². The first-order valence-electron chi connectivity index (χ1n) is 7.52. The Kier molecular flexibility index (Phi) is 5.77. The third-order valence-corrected chi connectivity index (χ3v) is 5.55. The molecule has 0 amide bonds. The van der Waals surface area contributed by atoms with E-state index in [1.165, 1.54) is 10.5 Å². The van der Waals surface area contributed by atoms with E-state index in [0.717, 1.165) is 28.1 Å². The molecule has 0 aliphatic rings. The molecule has 5 nitrogen and oxygen atoms in total. The highest BCUT2D eigenvalue weighted by Gasteiger charge is 2.12. The lowest BCUT2D eigenvalue weighted by Gasteiger charge is -2.08. The normalized spacial score (nSPS) is 10.8. The monoisotopic (exact) mass is 358 g/mol. The highest BCUT2D eigenvalue weighted by Crippen LogP contribution is 2.27. The number of aromatic nitrogens is 4. The number of hydrogen-bond donors (Lipinski definition) is 0. The molecule has 0 aliphatic carbocycles. The Morgan fingerprint density at radius 1 is 1.00 bits per heavy atom. The van der Waals surface area contributed by atoms with Crippen LogP contribution in [0, 0.1) is 6.92 Å². The van der Waals surface area contributed by atoms with Gasteiger partial charge in [0.25, 0.3) is 0 Å². The van der Waals surface area contributed by atoms with Gasteiger partial charge in [-0.25, -0.2) is 0 Å². The number of aryl methyl sites for hydroxylation is 1. The Balaban J connectivity index is 1.61. The van der Waals surface area contributed by atoms with Crippen molar-refractivity contribution < 1.29 is 4.74 Å². The number of methoxy groups -OCH3 is 1. The van der Waals surface area contributed by atoms with Gasteiger partial charge in [0.15, 0.2) is 0 Å². The number of benzene rings is 2. The molecule has 124 valence electrons. The molecule has 0 radical (unpaired) electrons. The lowest BCUT2D eigenvalue weighted by molar-refractivity contribution is 0.410. The van der Waals surface area contributed by atoms with Crippen LogP contribution in [0.2, 0.25) is 0 Å². The fraction of sp³-hybridized carbons (Fsp3) is 0.235. The zero-order valence-electron chi connectivity index (χ0n) is 13.5. The summed E-state index contributed by atoms with van der Waals surface area (Å²) in [5.74, 6) is 2.67. The largest absolute Gasteiger partial charge is 0.494 e. The molecular weight excluding hydrogens is 340 g/mol. The summed E-state index contributed by atoms with van der Waals surface area (Å²) in [5, 5.41) is 12.8. The Morgan fingerprint density at radius 3 is 2.54 bits per heavy atom. The number of hydrogen-bond acceptors (Lipinski definition) is 6. The Morgan fingerprint density at radius 2 is 1.75 bits per heavy atom. The molecule has 0 spiro atoms. The van der Waals surface area contributed by atoms with Gasteiger partial charge in [-0.15, -0.1) is 16.9 Å². The molecule has 3 rings (SSSR count). The minimum Gasteiger partial charge on any atom is -0.494 e. The van der Waals surface area contributed by atoms with Crippen LogP contribution in [-0.2, 0) is 0 Å². The molecule has 0 N–H and O–H groups in total. The van der Waals surface area contributed by atoms with Gasteiger partial charge in [-0.1, -0.05) is 41.6 Å². The Hall–Kier alpha value is -1.99. The quantitative estimate of drug-likeness (QED) is 0.472. The van der Waals surface area contributed by atoms with E-state index in [1.54, 1.807) is 23.6 Å². The molecule has 0 saturated heterocycles. The van der Waals surface area contributed by atoms with Gasteiger partial charge in [0.1, 0.15) is 11.4 Å². The fourth-order valence-electron chi connectivity index (χ4n) is 2.15. The zero-order chi connectivity index (χ0) is 16.8. The van der Waals surface area contributed by atoms with Crippen LogP contribution in [0.1, 0.15) is 5.56 Å². The molecule has 0 saturated carbocycles. The molecule has 0 aliphatic heterocycles. The molecule has 3 aromatic rings. The second kappa shape index (κ2) is 8.21. The van der Waals surface area contributed by atoms with Gasteiger partial charge in [-0.2, -0.15) is 4.68 Å². The molecular formula is C17H18N4OS2. The second-order valence-electron chi connectivity index (χ2n) is 5.06. The lowest BCUT2D eigenvalue weighted by Crippen LogP contribution is -2.02. The standard InChI is InChI=1S/C17H18N4OS2/c1-13-7-9-14(10-8-13)23-11-12-24-17-18-19-20-21(17)15-5-3-4-6-16(15)22-2/h3-10H,11-12H2,1-2H3. The van der Waals surface area contributed by atoms with E-state index in [4.69, 9.17) is 4.74 Å². The number of nitrogens with zero attached hydrogens (tertiary/aromatic N) is 4. The van der Waals surface area contributed by atoms with Crippen molar-refractivity contribution >= 4 is 23.5 Å². The average molecular weight is 358 g/mol. The first kappa shape index (κ1) is 16.9. The molecule has 1 aromatic heterocycles. The van der Waals surface area contributed by atoms with Gasteiger partial charge in [0.05, 0.1) is 7.11 Å². The topological polar surface area (TPSA) is 52.8 Å². The van der Waals surface area contributed by atoms with Gasteiger partial charge in [0, 0.05) is 16.4 Å². The molecule has 0 fully saturated rings. The summed E-state index contributed by atoms with van der Waals surface area (Å²) in [5.41, 5.74) is 2.13. The third kappa shape index (κ3) is 4.10. The molecule has 0 bridgehead atoms. The SMILES string of the molecule is COc1ccccc1-n1nnnc1SCCSc1ccc(C)cc1. The van der Waals surface area contributed by atoms with Crippen molar-refractivity contribution in [2.75, 3.05) is 18.6 Å². The van der Waals surface area contributed by atoms with Gasteiger partial charge in [-0.3, -0.25) is 0 Å². The first-order valence-corrected chi connectivity index (χ1v) is 9.49. The molecule has 24 heavy (non-hydrogen) atoms. The van der Waals surface area contributed by atoms with Crippen molar-refractivity contribution in [3.05, 3.63) is 54.1 Å². The van der Waals surface area contributed by atoms with E-state index >= 15 is 0 Å². The smallest absolute Gasteiger partial charge is 0.214 e. The van der Waals surface area contributed by atoms with Crippen LogP contribution in [-0.4, -0.2) is 38.8 Å². The molecule has 7 heteroatoms. The van der Waals surface area contributed by atoms with E-state index in [-0.39, 0.29) is 0 Å². The van der Waals surface area contributed by atoms with E-state index < -0.39 is 0 Å². The summed E-state index contributed by atoms with van der Waals surface area (Å²) in [6.45, 7) is 2.10. The van der Waals surface area contributed by atoms with Crippen molar-refractivity contribution in [3.8, 4) is 11.4 Å². The van der Waals surface area contributed by atoms with Crippen LogP contribution in [0.5, 0.6) is 5.75 Å². The van der Waals surface area contributed by atoms with Crippen LogP contribution in [0.25, 0.3) is 5.69 Å². The summed E-state index contributed by atoms with van der Waals surface area (Å²) < 4.78 is 7.11. The maximum atomic E-state index is 5.39. The molecule has 0 atom stereocenters. The molecule has 0 unspecified atom stereocenters. The Labute approximate surface area is 149 Å². The van der Waals surface area contributed by atoms with Crippen LogP contribution in [0.3, 0.4) is 0 Å². The van der Waals surface area contributed by atoms with Crippen molar-refractivity contribution in [2.24, 2.45) is 0 Å². The zero-order valence-corrected chi connectivity index (χ0v) is 15.2. The van der Waals surface area contributed by atoms with E-state index in [1.807, 2.05) is 36.0 Å². The van der Waals surface area contributed by atoms with Gasteiger partial charge >= 0.3 is 0 Å². The summed E-state index contributed by atoms with van der Waals surface area (Å²) >= 11 is 3.48. The van der Waals surface area contributed by atoms with Crippen LogP contribution >= 0.6 is 23.5 Å². The number of para-hydroxylation sites is 2. The fourth-order valence-corrected chi connectivity index (χ4v) is 3.92. The van der Waals surface area contributed by atoms with E-state index in [0.29, 0.717) is 0 Å². The predicted octanol–water partition coefficient (Wildman–Crippen LogP) is 3.86.